The van der Waals surface area contributed by atoms with E-state index in [1.807, 2.05) is 6.92 Å². The number of carbonyl (C=O) groups excluding carboxylic acids is 1. The average Bonchev–Trinajstić information content (AvgIpc) is 3.37. The van der Waals surface area contributed by atoms with Crippen LogP contribution in [-0.4, -0.2) is 27.1 Å². The number of aliphatic imine (C=N–C) groups is 1. The maximum absolute atomic E-state index is 12.4. The number of halogens is 1. The van der Waals surface area contributed by atoms with Crippen molar-refractivity contribution in [3.8, 4) is 11.3 Å². The Morgan fingerprint density at radius 2 is 1.94 bits per heavy atom. The molecule has 0 spiro atoms. The van der Waals surface area contributed by atoms with E-state index in [4.69, 9.17) is 16.0 Å². The van der Waals surface area contributed by atoms with E-state index in [0.29, 0.717) is 27.7 Å². The fourth-order valence-corrected chi connectivity index (χ4v) is 4.22. The first kappa shape index (κ1) is 23.3. The van der Waals surface area contributed by atoms with Gasteiger partial charge in [0.1, 0.15) is 11.5 Å². The van der Waals surface area contributed by atoms with Crippen molar-refractivity contribution in [3.63, 3.8) is 0 Å². The van der Waals surface area contributed by atoms with Crippen LogP contribution in [0, 0.1) is 24.0 Å². The van der Waals surface area contributed by atoms with Crippen LogP contribution in [-0.2, 0) is 4.79 Å². The van der Waals surface area contributed by atoms with Crippen molar-refractivity contribution >= 4 is 57.9 Å². The van der Waals surface area contributed by atoms with Gasteiger partial charge in [0.2, 0.25) is 0 Å². The molecule has 172 valence electrons. The van der Waals surface area contributed by atoms with Gasteiger partial charge in [0, 0.05) is 12.1 Å². The highest BCUT2D eigenvalue weighted by Crippen LogP contribution is 2.35. The molecule has 34 heavy (non-hydrogen) atoms. The Balaban J connectivity index is 1.60. The summed E-state index contributed by atoms with van der Waals surface area (Å²) in [4.78, 5) is 39.2. The molecule has 1 amide bonds. The van der Waals surface area contributed by atoms with E-state index in [1.54, 1.807) is 25.1 Å². The highest BCUT2D eigenvalue weighted by Gasteiger charge is 2.25. The van der Waals surface area contributed by atoms with E-state index >= 15 is 0 Å². The van der Waals surface area contributed by atoms with Gasteiger partial charge in [0.15, 0.2) is 5.17 Å². The molecule has 0 atom stereocenters. The van der Waals surface area contributed by atoms with Gasteiger partial charge in [-0.15, -0.1) is 0 Å². The summed E-state index contributed by atoms with van der Waals surface area (Å²) in [6.07, 6.45) is 1.50. The number of nitrogens with one attached hydrogen (secondary N) is 1. The Morgan fingerprint density at radius 3 is 2.65 bits per heavy atom. The highest BCUT2D eigenvalue weighted by atomic mass is 35.5. The first-order valence-corrected chi connectivity index (χ1v) is 11.0. The van der Waals surface area contributed by atoms with Crippen LogP contribution in [0.4, 0.5) is 11.4 Å². The second-order valence-corrected chi connectivity index (χ2v) is 8.80. The molecule has 11 heteroatoms. The Morgan fingerprint density at radius 1 is 1.21 bits per heavy atom. The van der Waals surface area contributed by atoms with E-state index in [0.717, 1.165) is 22.9 Å². The van der Waals surface area contributed by atoms with Gasteiger partial charge >= 0.3 is 5.97 Å². The SMILES string of the molecule is Cc1cc(-c2ccc(C=C3SC(=Nc4ccc(Cl)c(C(=O)O)c4)NC3=O)o2)c([N+](=O)[O-])cc1C. The third-order valence-corrected chi connectivity index (χ3v) is 6.28. The maximum Gasteiger partial charge on any atom is 0.337 e. The van der Waals surface area contributed by atoms with Crippen molar-refractivity contribution in [3.05, 3.63) is 85.0 Å². The molecule has 1 fully saturated rings. The van der Waals surface area contributed by atoms with Crippen molar-refractivity contribution in [2.45, 2.75) is 13.8 Å². The zero-order chi connectivity index (χ0) is 24.6. The number of hydrogen-bond acceptors (Lipinski definition) is 7. The number of benzene rings is 2. The number of nitro groups is 1. The summed E-state index contributed by atoms with van der Waals surface area (Å²) in [6, 6.07) is 10.7. The van der Waals surface area contributed by atoms with E-state index in [-0.39, 0.29) is 21.4 Å². The van der Waals surface area contributed by atoms with Gasteiger partial charge in [-0.25, -0.2) is 9.79 Å². The van der Waals surface area contributed by atoms with E-state index in [9.17, 15) is 24.8 Å². The number of rotatable bonds is 5. The lowest BCUT2D eigenvalue weighted by Crippen LogP contribution is -2.19. The molecular formula is C23H16ClN3O6S. The molecule has 2 N–H and O–H groups in total. The van der Waals surface area contributed by atoms with Gasteiger partial charge in [0.05, 0.1) is 31.7 Å². The van der Waals surface area contributed by atoms with Crippen LogP contribution in [0.3, 0.4) is 0 Å². The molecule has 1 aliphatic heterocycles. The number of amides is 1. The molecule has 0 radical (unpaired) electrons. The van der Waals surface area contributed by atoms with Crippen molar-refractivity contribution in [2.24, 2.45) is 4.99 Å². The molecule has 0 aliphatic carbocycles. The summed E-state index contributed by atoms with van der Waals surface area (Å²) >= 11 is 6.92. The molecule has 1 aliphatic rings. The number of aromatic carboxylic acids is 1. The Hall–Kier alpha value is -3.89. The second-order valence-electron chi connectivity index (χ2n) is 7.36. The van der Waals surface area contributed by atoms with Gasteiger partial charge in [-0.1, -0.05) is 11.6 Å². The van der Waals surface area contributed by atoms with Crippen LogP contribution in [0.5, 0.6) is 0 Å². The van der Waals surface area contributed by atoms with Crippen molar-refractivity contribution in [1.82, 2.24) is 5.32 Å². The number of thioether (sulfide) groups is 1. The highest BCUT2D eigenvalue weighted by molar-refractivity contribution is 8.18. The number of hydrogen-bond donors (Lipinski definition) is 2. The lowest BCUT2D eigenvalue weighted by molar-refractivity contribution is -0.384. The number of carboxylic acid groups (broad SMARTS) is 1. The molecule has 0 bridgehead atoms. The standard InChI is InChI=1S/C23H16ClN3O6S/c1-11-7-16(18(27(31)32)8-12(11)2)19-6-4-14(33-19)10-20-21(28)26-23(34-20)25-13-3-5-17(24)15(9-13)22(29)30/h3-10H,1-2H3,(H,29,30)(H,25,26,28). The zero-order valence-corrected chi connectivity index (χ0v) is 19.4. The summed E-state index contributed by atoms with van der Waals surface area (Å²) < 4.78 is 5.78. The monoisotopic (exact) mass is 497 g/mol. The summed E-state index contributed by atoms with van der Waals surface area (Å²) in [5, 5.41) is 23.6. The fraction of sp³-hybridized carbons (Fsp3) is 0.0870. The van der Waals surface area contributed by atoms with Crippen LogP contribution < -0.4 is 5.32 Å². The minimum Gasteiger partial charge on any atom is -0.478 e. The van der Waals surface area contributed by atoms with Crippen LogP contribution in [0.15, 0.2) is 56.8 Å². The predicted octanol–water partition coefficient (Wildman–Crippen LogP) is 5.71. The average molecular weight is 498 g/mol. The van der Waals surface area contributed by atoms with Crippen molar-refractivity contribution in [1.29, 1.82) is 0 Å². The maximum atomic E-state index is 12.4. The molecule has 2 aromatic carbocycles. The molecule has 0 unspecified atom stereocenters. The van der Waals surface area contributed by atoms with Gasteiger partial charge in [-0.05, 0) is 73.1 Å². The number of furan rings is 1. The molecule has 3 aromatic rings. The first-order valence-electron chi connectivity index (χ1n) is 9.80. The van der Waals surface area contributed by atoms with Gasteiger partial charge < -0.3 is 14.8 Å². The molecule has 2 heterocycles. The van der Waals surface area contributed by atoms with Crippen LogP contribution in [0.25, 0.3) is 17.4 Å². The van der Waals surface area contributed by atoms with E-state index in [2.05, 4.69) is 10.3 Å². The molecule has 1 saturated heterocycles. The van der Waals surface area contributed by atoms with Gasteiger partial charge in [0.25, 0.3) is 11.6 Å². The lowest BCUT2D eigenvalue weighted by Gasteiger charge is -2.04. The molecule has 0 saturated carbocycles. The lowest BCUT2D eigenvalue weighted by atomic mass is 10.0. The third kappa shape index (κ3) is 4.73. The van der Waals surface area contributed by atoms with Crippen LogP contribution in [0.2, 0.25) is 5.02 Å². The van der Waals surface area contributed by atoms with E-state index in [1.165, 1.54) is 30.3 Å². The molecular weight excluding hydrogens is 482 g/mol. The topological polar surface area (TPSA) is 135 Å². The van der Waals surface area contributed by atoms with Gasteiger partial charge in [-0.2, -0.15) is 0 Å². The largest absolute Gasteiger partial charge is 0.478 e. The minimum absolute atomic E-state index is 0.0669. The van der Waals surface area contributed by atoms with Gasteiger partial charge in [-0.3, -0.25) is 14.9 Å². The summed E-state index contributed by atoms with van der Waals surface area (Å²) in [6.45, 7) is 3.65. The predicted molar refractivity (Wildman–Crippen MR) is 129 cm³/mol. The quantitative estimate of drug-likeness (QED) is 0.261. The number of nitro benzene ring substituents is 1. The minimum atomic E-state index is -1.19. The van der Waals surface area contributed by atoms with Crippen LogP contribution >= 0.6 is 23.4 Å². The first-order chi connectivity index (χ1) is 16.1. The smallest absolute Gasteiger partial charge is 0.337 e. The number of nitrogens with zero attached hydrogens (tertiary/aromatic N) is 2. The van der Waals surface area contributed by atoms with Crippen molar-refractivity contribution < 1.29 is 24.0 Å². The summed E-state index contributed by atoms with van der Waals surface area (Å²) in [7, 11) is 0. The number of amidine groups is 1. The van der Waals surface area contributed by atoms with E-state index < -0.39 is 16.8 Å². The molecule has 1 aromatic heterocycles. The number of carbonyl (C=O) groups is 2. The zero-order valence-electron chi connectivity index (χ0n) is 17.8. The fourth-order valence-electron chi connectivity index (χ4n) is 3.20. The van der Waals surface area contributed by atoms with Crippen LogP contribution in [0.1, 0.15) is 27.2 Å². The third-order valence-electron chi connectivity index (χ3n) is 5.04. The Bertz CT molecular complexity index is 1430. The normalized spacial score (nSPS) is 15.7. The number of carboxylic acids is 1. The summed E-state index contributed by atoms with van der Waals surface area (Å²) in [5.41, 5.74) is 2.18. The summed E-state index contributed by atoms with van der Waals surface area (Å²) in [5.74, 6) is -0.956. The number of aryl methyl sites for hydroxylation is 2. The second kappa shape index (κ2) is 9.16. The van der Waals surface area contributed by atoms with Crippen molar-refractivity contribution in [2.75, 3.05) is 0 Å². The Kier molecular flexibility index (Phi) is 6.27. The molecule has 9 nitrogen and oxygen atoms in total. The Labute approximate surface area is 202 Å². The molecule has 4 rings (SSSR count).